The summed E-state index contributed by atoms with van der Waals surface area (Å²) in [4.78, 5) is 8.41. The van der Waals surface area contributed by atoms with Crippen LogP contribution in [0.1, 0.15) is 0 Å². The number of rotatable bonds is 1. The Hall–Kier alpha value is -2.02. The molecule has 1 aromatic carbocycles. The number of benzene rings is 1. The second-order valence-corrected chi connectivity index (χ2v) is 4.94. The van der Waals surface area contributed by atoms with Crippen molar-refractivity contribution in [1.82, 2.24) is 9.88 Å². The molecule has 5 nitrogen and oxygen atoms in total. The minimum Gasteiger partial charge on any atom is -0.618 e. The molecule has 0 aliphatic carbocycles. The van der Waals surface area contributed by atoms with Crippen molar-refractivity contribution in [2.24, 2.45) is 0 Å². The van der Waals surface area contributed by atoms with Gasteiger partial charge in [0, 0.05) is 26.2 Å². The van der Waals surface area contributed by atoms with E-state index >= 15 is 0 Å². The number of hydrogen-bond acceptors (Lipinski definition) is 4. The summed E-state index contributed by atoms with van der Waals surface area (Å²) in [5, 5.41) is 11.9. The molecule has 1 aliphatic heterocycles. The van der Waals surface area contributed by atoms with Gasteiger partial charge in [-0.3, -0.25) is 0 Å². The van der Waals surface area contributed by atoms with Crippen LogP contribution in [-0.4, -0.2) is 43.1 Å². The maximum atomic E-state index is 13.6. The monoisotopic (exact) mass is 280 g/mol. The molecule has 1 fully saturated rings. The van der Waals surface area contributed by atoms with E-state index in [0.29, 0.717) is 10.5 Å². The van der Waals surface area contributed by atoms with Gasteiger partial charge in [0.15, 0.2) is 11.6 Å². The normalized spacial score (nSPS) is 16.9. The molecule has 2 aromatic rings. The molecule has 7 heteroatoms. The average Bonchev–Trinajstić information content (AvgIpc) is 2.43. The Morgan fingerprint density at radius 1 is 1.20 bits per heavy atom. The highest BCUT2D eigenvalue weighted by Gasteiger charge is 2.22. The highest BCUT2D eigenvalue weighted by atomic mass is 19.2. The third-order valence-corrected chi connectivity index (χ3v) is 3.56. The van der Waals surface area contributed by atoms with Gasteiger partial charge in [-0.25, -0.2) is 9.37 Å². The Bertz CT molecular complexity index is 656. The van der Waals surface area contributed by atoms with Crippen LogP contribution in [0.25, 0.3) is 11.0 Å². The maximum Gasteiger partial charge on any atom is 0.281 e. The van der Waals surface area contributed by atoms with Gasteiger partial charge in [0.2, 0.25) is 12.0 Å². The highest BCUT2D eigenvalue weighted by molar-refractivity contribution is 5.73. The number of anilines is 1. The topological polar surface area (TPSA) is 46.3 Å². The predicted molar refractivity (Wildman–Crippen MR) is 70.3 cm³/mol. The Labute approximate surface area is 114 Å². The predicted octanol–water partition coefficient (Wildman–Crippen LogP) is 0.898. The Kier molecular flexibility index (Phi) is 3.13. The molecule has 0 bridgehead atoms. The molecule has 1 saturated heterocycles. The fourth-order valence-corrected chi connectivity index (χ4v) is 2.34. The zero-order chi connectivity index (χ0) is 14.3. The number of halogens is 2. The molecule has 3 rings (SSSR count). The van der Waals surface area contributed by atoms with Crippen LogP contribution in [0, 0.1) is 16.8 Å². The molecule has 0 spiro atoms. The van der Waals surface area contributed by atoms with Gasteiger partial charge in [-0.05, 0) is 19.2 Å². The van der Waals surface area contributed by atoms with Crippen LogP contribution in [0.3, 0.4) is 0 Å². The molecule has 20 heavy (non-hydrogen) atoms. The number of aromatic nitrogens is 2. The zero-order valence-electron chi connectivity index (χ0n) is 11.0. The number of likely N-dealkylation sites (N-methyl/N-ethyl adjacent to an activating group) is 1. The third-order valence-electron chi connectivity index (χ3n) is 3.56. The lowest BCUT2D eigenvalue weighted by atomic mass is 10.2. The molecule has 0 N–H and O–H groups in total. The first-order valence-corrected chi connectivity index (χ1v) is 6.37. The number of piperazine rings is 1. The van der Waals surface area contributed by atoms with E-state index in [1.165, 1.54) is 12.3 Å². The average molecular weight is 280 g/mol. The van der Waals surface area contributed by atoms with Crippen molar-refractivity contribution in [3.8, 4) is 0 Å². The van der Waals surface area contributed by atoms with Crippen LogP contribution in [0.4, 0.5) is 14.6 Å². The van der Waals surface area contributed by atoms with Crippen molar-refractivity contribution in [3.05, 3.63) is 35.2 Å². The standard InChI is InChI=1S/C13H14F2N4O/c1-17-4-6-18(7-5-17)11-8-19(20)13-10(16-11)3-2-9(14)12(13)15/h2-3,8H,4-7H2,1H3. The van der Waals surface area contributed by atoms with Crippen LogP contribution >= 0.6 is 0 Å². The molecular weight excluding hydrogens is 266 g/mol. The number of fused-ring (bicyclic) bond motifs is 1. The van der Waals surface area contributed by atoms with E-state index in [-0.39, 0.29) is 11.0 Å². The molecule has 0 amide bonds. The third kappa shape index (κ3) is 2.14. The first-order valence-electron chi connectivity index (χ1n) is 6.37. The van der Waals surface area contributed by atoms with E-state index in [1.807, 2.05) is 11.9 Å². The molecule has 0 unspecified atom stereocenters. The summed E-state index contributed by atoms with van der Waals surface area (Å²) >= 11 is 0. The fourth-order valence-electron chi connectivity index (χ4n) is 2.34. The molecule has 2 heterocycles. The van der Waals surface area contributed by atoms with Gasteiger partial charge in [0.25, 0.3) is 5.52 Å². The van der Waals surface area contributed by atoms with E-state index in [9.17, 15) is 14.0 Å². The first kappa shape index (κ1) is 13.0. The van der Waals surface area contributed by atoms with Crippen molar-refractivity contribution in [2.45, 2.75) is 0 Å². The summed E-state index contributed by atoms with van der Waals surface area (Å²) in [6.07, 6.45) is 1.20. The van der Waals surface area contributed by atoms with E-state index < -0.39 is 11.6 Å². The van der Waals surface area contributed by atoms with Gasteiger partial charge in [0.05, 0.1) is 0 Å². The summed E-state index contributed by atoms with van der Waals surface area (Å²) in [6.45, 7) is 3.24. The second-order valence-electron chi connectivity index (χ2n) is 4.94. The lowest BCUT2D eigenvalue weighted by molar-refractivity contribution is -0.577. The fraction of sp³-hybridized carbons (Fsp3) is 0.385. The van der Waals surface area contributed by atoms with Gasteiger partial charge in [0.1, 0.15) is 5.52 Å². The number of nitrogens with zero attached hydrogens (tertiary/aromatic N) is 4. The molecular formula is C13H14F2N4O. The highest BCUT2D eigenvalue weighted by Crippen LogP contribution is 2.19. The Morgan fingerprint density at radius 2 is 1.90 bits per heavy atom. The van der Waals surface area contributed by atoms with Crippen molar-refractivity contribution in [1.29, 1.82) is 0 Å². The van der Waals surface area contributed by atoms with Gasteiger partial charge in [-0.15, -0.1) is 0 Å². The Morgan fingerprint density at radius 3 is 2.60 bits per heavy atom. The van der Waals surface area contributed by atoms with Crippen LogP contribution < -0.4 is 9.63 Å². The van der Waals surface area contributed by atoms with Crippen molar-refractivity contribution in [2.75, 3.05) is 38.1 Å². The molecule has 106 valence electrons. The van der Waals surface area contributed by atoms with E-state index in [1.54, 1.807) is 0 Å². The molecule has 0 atom stereocenters. The van der Waals surface area contributed by atoms with Crippen LogP contribution in [0.5, 0.6) is 0 Å². The minimum absolute atomic E-state index is 0.162. The van der Waals surface area contributed by atoms with Crippen molar-refractivity contribution < 1.29 is 13.5 Å². The van der Waals surface area contributed by atoms with E-state index in [2.05, 4.69) is 9.88 Å². The Balaban J connectivity index is 2.04. The number of hydrogen-bond donors (Lipinski definition) is 0. The van der Waals surface area contributed by atoms with E-state index in [0.717, 1.165) is 32.2 Å². The lowest BCUT2D eigenvalue weighted by Crippen LogP contribution is -2.45. The second kappa shape index (κ2) is 4.82. The molecule has 0 radical (unpaired) electrons. The molecule has 1 aromatic heterocycles. The lowest BCUT2D eigenvalue weighted by Gasteiger charge is -2.32. The minimum atomic E-state index is -1.16. The van der Waals surface area contributed by atoms with Crippen LogP contribution in [-0.2, 0) is 0 Å². The largest absolute Gasteiger partial charge is 0.618 e. The SMILES string of the molecule is CN1CCN(c2c[n+]([O-])c3c(F)c(F)ccc3n2)CC1. The van der Waals surface area contributed by atoms with Crippen molar-refractivity contribution >= 4 is 16.9 Å². The quantitative estimate of drug-likeness (QED) is 0.575. The molecule has 0 saturated carbocycles. The smallest absolute Gasteiger partial charge is 0.281 e. The first-order chi connectivity index (χ1) is 9.56. The zero-order valence-corrected chi connectivity index (χ0v) is 11.0. The van der Waals surface area contributed by atoms with Gasteiger partial charge < -0.3 is 15.0 Å². The summed E-state index contributed by atoms with van der Waals surface area (Å²) in [5.74, 6) is -1.71. The summed E-state index contributed by atoms with van der Waals surface area (Å²) < 4.78 is 27.1. The van der Waals surface area contributed by atoms with Gasteiger partial charge >= 0.3 is 0 Å². The van der Waals surface area contributed by atoms with Gasteiger partial charge in [-0.2, -0.15) is 9.12 Å². The summed E-state index contributed by atoms with van der Waals surface area (Å²) in [6, 6.07) is 2.31. The van der Waals surface area contributed by atoms with Crippen LogP contribution in [0.15, 0.2) is 18.3 Å². The molecule has 1 aliphatic rings. The van der Waals surface area contributed by atoms with E-state index in [4.69, 9.17) is 0 Å². The maximum absolute atomic E-state index is 13.6. The summed E-state index contributed by atoms with van der Waals surface area (Å²) in [5.41, 5.74) is -0.196. The van der Waals surface area contributed by atoms with Crippen molar-refractivity contribution in [3.63, 3.8) is 0 Å². The summed E-state index contributed by atoms with van der Waals surface area (Å²) in [7, 11) is 2.02. The van der Waals surface area contributed by atoms with Gasteiger partial charge in [-0.1, -0.05) is 0 Å². The van der Waals surface area contributed by atoms with Crippen LogP contribution in [0.2, 0.25) is 0 Å².